The lowest BCUT2D eigenvalue weighted by Crippen LogP contribution is -2.30. The number of likely N-dealkylation sites (N-methyl/N-ethyl adjacent to an activating group) is 1. The summed E-state index contributed by atoms with van der Waals surface area (Å²) in [6.45, 7) is 10.3. The monoisotopic (exact) mass is 238 g/mol. The van der Waals surface area contributed by atoms with E-state index in [-0.39, 0.29) is 5.56 Å². The number of nitrogens with zero attached hydrogens (tertiary/aromatic N) is 3. The van der Waals surface area contributed by atoms with Crippen molar-refractivity contribution >= 4 is 5.69 Å². The van der Waals surface area contributed by atoms with Gasteiger partial charge in [-0.3, -0.25) is 4.79 Å². The van der Waals surface area contributed by atoms with Crippen LogP contribution in [0.2, 0.25) is 0 Å². The van der Waals surface area contributed by atoms with Crippen molar-refractivity contribution in [3.63, 3.8) is 0 Å². The zero-order valence-electron chi connectivity index (χ0n) is 10.9. The van der Waals surface area contributed by atoms with E-state index in [2.05, 4.69) is 29.2 Å². The highest BCUT2D eigenvalue weighted by atomic mass is 16.1. The molecule has 0 atom stereocenters. The molecule has 0 saturated carbocycles. The summed E-state index contributed by atoms with van der Waals surface area (Å²) in [5.41, 5.74) is 0.868. The van der Waals surface area contributed by atoms with Gasteiger partial charge in [0.05, 0.1) is 18.4 Å². The van der Waals surface area contributed by atoms with Crippen molar-refractivity contribution in [3.8, 4) is 0 Å². The molecule has 1 aromatic heterocycles. The molecular formula is C12H22N4O. The second-order valence-corrected chi connectivity index (χ2v) is 3.80. The van der Waals surface area contributed by atoms with Gasteiger partial charge in [0.15, 0.2) is 0 Å². The van der Waals surface area contributed by atoms with Crippen molar-refractivity contribution in [1.82, 2.24) is 15.1 Å². The molecule has 96 valence electrons. The Balaban J connectivity index is 2.75. The van der Waals surface area contributed by atoms with E-state index >= 15 is 0 Å². The Labute approximate surface area is 102 Å². The average Bonchev–Trinajstić information content (AvgIpc) is 2.33. The summed E-state index contributed by atoms with van der Waals surface area (Å²) in [5, 5.41) is 7.36. The molecule has 1 heterocycles. The first-order valence-corrected chi connectivity index (χ1v) is 6.25. The van der Waals surface area contributed by atoms with Gasteiger partial charge in [0.1, 0.15) is 0 Å². The number of anilines is 1. The van der Waals surface area contributed by atoms with Crippen LogP contribution in [-0.4, -0.2) is 36.0 Å². The fraction of sp³-hybridized carbons (Fsp3) is 0.667. The van der Waals surface area contributed by atoms with Crippen molar-refractivity contribution in [1.29, 1.82) is 0 Å². The molecule has 5 nitrogen and oxygen atoms in total. The molecule has 0 radical (unpaired) electrons. The van der Waals surface area contributed by atoms with E-state index in [1.54, 1.807) is 12.3 Å². The molecule has 1 N–H and O–H groups in total. The quantitative estimate of drug-likeness (QED) is 0.710. The van der Waals surface area contributed by atoms with Crippen LogP contribution in [0.25, 0.3) is 0 Å². The first-order valence-electron chi connectivity index (χ1n) is 6.25. The molecule has 0 amide bonds. The highest BCUT2D eigenvalue weighted by Gasteiger charge is 2.04. The van der Waals surface area contributed by atoms with E-state index in [9.17, 15) is 4.79 Å². The van der Waals surface area contributed by atoms with Crippen molar-refractivity contribution in [2.75, 3.05) is 31.1 Å². The maximum atomic E-state index is 11.8. The number of hydrogen-bond acceptors (Lipinski definition) is 4. The third-order valence-corrected chi connectivity index (χ3v) is 2.73. The van der Waals surface area contributed by atoms with Gasteiger partial charge in [-0.2, -0.15) is 5.10 Å². The maximum Gasteiger partial charge on any atom is 0.268 e. The molecule has 17 heavy (non-hydrogen) atoms. The fourth-order valence-electron chi connectivity index (χ4n) is 1.72. The Morgan fingerprint density at radius 2 is 2.06 bits per heavy atom. The highest BCUT2D eigenvalue weighted by molar-refractivity contribution is 5.42. The Hall–Kier alpha value is -1.36. The molecule has 0 aromatic carbocycles. The molecule has 0 aliphatic rings. The molecule has 0 aliphatic heterocycles. The minimum absolute atomic E-state index is 0.0349. The molecule has 0 aliphatic carbocycles. The predicted octanol–water partition coefficient (Wildman–Crippen LogP) is 0.699. The Bertz CT molecular complexity index is 384. The zero-order chi connectivity index (χ0) is 12.7. The van der Waals surface area contributed by atoms with Gasteiger partial charge in [0.2, 0.25) is 0 Å². The van der Waals surface area contributed by atoms with Gasteiger partial charge in [0, 0.05) is 25.7 Å². The van der Waals surface area contributed by atoms with Crippen LogP contribution in [0.1, 0.15) is 20.8 Å². The molecule has 0 fully saturated rings. The summed E-state index contributed by atoms with van der Waals surface area (Å²) in [4.78, 5) is 13.9. The minimum atomic E-state index is -0.0349. The zero-order valence-corrected chi connectivity index (χ0v) is 10.9. The summed E-state index contributed by atoms with van der Waals surface area (Å²) < 4.78 is 1.50. The first kappa shape index (κ1) is 13.7. The summed E-state index contributed by atoms with van der Waals surface area (Å²) in [6.07, 6.45) is 1.76. The Morgan fingerprint density at radius 1 is 1.35 bits per heavy atom. The maximum absolute atomic E-state index is 11.8. The molecule has 5 heteroatoms. The van der Waals surface area contributed by atoms with E-state index in [1.165, 1.54) is 4.68 Å². The van der Waals surface area contributed by atoms with Gasteiger partial charge in [-0.25, -0.2) is 4.68 Å². The van der Waals surface area contributed by atoms with Crippen LogP contribution in [0.5, 0.6) is 0 Å². The van der Waals surface area contributed by atoms with Crippen molar-refractivity contribution in [2.45, 2.75) is 27.3 Å². The Morgan fingerprint density at radius 3 is 2.59 bits per heavy atom. The smallest absolute Gasteiger partial charge is 0.268 e. The third-order valence-electron chi connectivity index (χ3n) is 2.73. The van der Waals surface area contributed by atoms with Crippen LogP contribution in [0.3, 0.4) is 0 Å². The van der Waals surface area contributed by atoms with Crippen molar-refractivity contribution < 1.29 is 0 Å². The van der Waals surface area contributed by atoms with Gasteiger partial charge in [-0.05, 0) is 20.4 Å². The van der Waals surface area contributed by atoms with Gasteiger partial charge in [-0.15, -0.1) is 0 Å². The molecule has 1 aromatic rings. The van der Waals surface area contributed by atoms with Crippen LogP contribution in [0.4, 0.5) is 5.69 Å². The summed E-state index contributed by atoms with van der Waals surface area (Å²) in [7, 11) is 0. The number of aromatic nitrogens is 2. The standard InChI is InChI=1S/C12H22N4O/c1-4-13-7-8-16-12(17)9-11(10-14-16)15(5-2)6-3/h9-10,13H,4-8H2,1-3H3. The molecule has 0 spiro atoms. The molecule has 1 rings (SSSR count). The molecule has 0 unspecified atom stereocenters. The summed E-state index contributed by atoms with van der Waals surface area (Å²) in [5.74, 6) is 0. The lowest BCUT2D eigenvalue weighted by molar-refractivity contribution is 0.539. The van der Waals surface area contributed by atoms with Crippen molar-refractivity contribution in [2.24, 2.45) is 0 Å². The first-order chi connectivity index (χ1) is 8.22. The Kier molecular flexibility index (Phi) is 5.69. The molecule has 0 saturated heterocycles. The van der Waals surface area contributed by atoms with Gasteiger partial charge in [0.25, 0.3) is 5.56 Å². The van der Waals surface area contributed by atoms with Gasteiger partial charge < -0.3 is 10.2 Å². The topological polar surface area (TPSA) is 50.2 Å². The normalized spacial score (nSPS) is 10.5. The lowest BCUT2D eigenvalue weighted by Gasteiger charge is -2.20. The molecule has 0 bridgehead atoms. The van der Waals surface area contributed by atoms with Crippen LogP contribution in [-0.2, 0) is 6.54 Å². The van der Waals surface area contributed by atoms with Crippen LogP contribution in [0, 0.1) is 0 Å². The summed E-state index contributed by atoms with van der Waals surface area (Å²) in [6, 6.07) is 1.66. The van der Waals surface area contributed by atoms with E-state index in [1.807, 2.05) is 6.92 Å². The number of rotatable bonds is 7. The second kappa shape index (κ2) is 7.06. The van der Waals surface area contributed by atoms with Crippen molar-refractivity contribution in [3.05, 3.63) is 22.6 Å². The van der Waals surface area contributed by atoms with Gasteiger partial charge in [-0.1, -0.05) is 6.92 Å². The van der Waals surface area contributed by atoms with Crippen LogP contribution in [0.15, 0.2) is 17.1 Å². The van der Waals surface area contributed by atoms with E-state index in [4.69, 9.17) is 0 Å². The van der Waals surface area contributed by atoms with Crippen LogP contribution < -0.4 is 15.8 Å². The van der Waals surface area contributed by atoms with Crippen LogP contribution >= 0.6 is 0 Å². The predicted molar refractivity (Wildman–Crippen MR) is 70.6 cm³/mol. The number of hydrogen-bond donors (Lipinski definition) is 1. The minimum Gasteiger partial charge on any atom is -0.371 e. The number of nitrogens with one attached hydrogen (secondary N) is 1. The summed E-state index contributed by atoms with van der Waals surface area (Å²) >= 11 is 0. The SMILES string of the molecule is CCNCCn1ncc(N(CC)CC)cc1=O. The fourth-order valence-corrected chi connectivity index (χ4v) is 1.72. The third kappa shape index (κ3) is 3.85. The van der Waals surface area contributed by atoms with E-state index in [0.29, 0.717) is 6.54 Å². The van der Waals surface area contributed by atoms with Gasteiger partial charge >= 0.3 is 0 Å². The largest absolute Gasteiger partial charge is 0.371 e. The average molecular weight is 238 g/mol. The second-order valence-electron chi connectivity index (χ2n) is 3.80. The van der Waals surface area contributed by atoms with E-state index < -0.39 is 0 Å². The molecular weight excluding hydrogens is 216 g/mol. The lowest BCUT2D eigenvalue weighted by atomic mass is 10.4. The highest BCUT2D eigenvalue weighted by Crippen LogP contribution is 2.07. The van der Waals surface area contributed by atoms with E-state index in [0.717, 1.165) is 31.9 Å².